The van der Waals surface area contributed by atoms with E-state index in [4.69, 9.17) is 5.84 Å². The van der Waals surface area contributed by atoms with E-state index in [2.05, 4.69) is 5.32 Å². The van der Waals surface area contributed by atoms with E-state index in [9.17, 15) is 14.0 Å². The zero-order valence-electron chi connectivity index (χ0n) is 8.00. The van der Waals surface area contributed by atoms with Crippen molar-refractivity contribution < 1.29 is 14.0 Å². The highest BCUT2D eigenvalue weighted by molar-refractivity contribution is 6.39. The van der Waals surface area contributed by atoms with Crippen LogP contribution >= 0.6 is 0 Å². The first-order chi connectivity index (χ1) is 7.06. The van der Waals surface area contributed by atoms with Crippen LogP contribution in [0.3, 0.4) is 0 Å². The number of nitrogens with one attached hydrogen (secondary N) is 2. The van der Waals surface area contributed by atoms with Gasteiger partial charge >= 0.3 is 11.8 Å². The highest BCUT2D eigenvalue weighted by Gasteiger charge is 2.15. The number of benzene rings is 1. The Kier molecular flexibility index (Phi) is 3.35. The lowest BCUT2D eigenvalue weighted by molar-refractivity contribution is -0.136. The van der Waals surface area contributed by atoms with E-state index in [0.29, 0.717) is 5.56 Å². The van der Waals surface area contributed by atoms with Gasteiger partial charge in [-0.1, -0.05) is 12.1 Å². The van der Waals surface area contributed by atoms with Crippen LogP contribution in [0, 0.1) is 12.7 Å². The summed E-state index contributed by atoms with van der Waals surface area (Å²) >= 11 is 0. The summed E-state index contributed by atoms with van der Waals surface area (Å²) in [6.45, 7) is 1.61. The summed E-state index contributed by atoms with van der Waals surface area (Å²) in [6, 6.07) is 4.30. The normalized spacial score (nSPS) is 9.53. The van der Waals surface area contributed by atoms with E-state index in [1.165, 1.54) is 12.1 Å². The molecule has 0 aliphatic carbocycles. The van der Waals surface area contributed by atoms with E-state index in [-0.39, 0.29) is 5.69 Å². The minimum absolute atomic E-state index is 0.0221. The van der Waals surface area contributed by atoms with Gasteiger partial charge in [-0.3, -0.25) is 15.0 Å². The Morgan fingerprint density at radius 1 is 1.33 bits per heavy atom. The summed E-state index contributed by atoms with van der Waals surface area (Å²) in [5.74, 6) is 2.11. The van der Waals surface area contributed by atoms with Gasteiger partial charge < -0.3 is 5.32 Å². The Hall–Kier alpha value is -1.95. The molecule has 0 aliphatic rings. The summed E-state index contributed by atoms with van der Waals surface area (Å²) in [6.07, 6.45) is 0. The molecule has 0 heterocycles. The fraction of sp³-hybridized carbons (Fsp3) is 0.111. The predicted octanol–water partition coefficient (Wildman–Crippen LogP) is 0.0625. The van der Waals surface area contributed by atoms with Gasteiger partial charge in [0.2, 0.25) is 0 Å². The molecule has 15 heavy (non-hydrogen) atoms. The fourth-order valence-electron chi connectivity index (χ4n) is 1.03. The van der Waals surface area contributed by atoms with Gasteiger partial charge in [0.15, 0.2) is 0 Å². The summed E-state index contributed by atoms with van der Waals surface area (Å²) in [5, 5.41) is 2.12. The van der Waals surface area contributed by atoms with Crippen molar-refractivity contribution in [3.8, 4) is 0 Å². The molecule has 0 saturated heterocycles. The molecule has 0 bridgehead atoms. The van der Waals surface area contributed by atoms with Crippen molar-refractivity contribution in [1.29, 1.82) is 0 Å². The molecular weight excluding hydrogens is 201 g/mol. The zero-order valence-corrected chi connectivity index (χ0v) is 8.00. The average molecular weight is 211 g/mol. The molecule has 1 aromatic rings. The monoisotopic (exact) mass is 211 g/mol. The van der Waals surface area contributed by atoms with Crippen molar-refractivity contribution in [1.82, 2.24) is 5.43 Å². The van der Waals surface area contributed by atoms with Crippen molar-refractivity contribution >= 4 is 17.5 Å². The van der Waals surface area contributed by atoms with Crippen molar-refractivity contribution in [2.24, 2.45) is 5.84 Å². The van der Waals surface area contributed by atoms with Gasteiger partial charge in [-0.05, 0) is 18.6 Å². The van der Waals surface area contributed by atoms with Crippen LogP contribution in [0.4, 0.5) is 10.1 Å². The first-order valence-electron chi connectivity index (χ1n) is 4.13. The van der Waals surface area contributed by atoms with Crippen molar-refractivity contribution in [2.75, 3.05) is 5.32 Å². The van der Waals surface area contributed by atoms with Crippen LogP contribution in [0.15, 0.2) is 18.2 Å². The maximum Gasteiger partial charge on any atom is 0.323 e. The Bertz CT molecular complexity index is 386. The summed E-state index contributed by atoms with van der Waals surface area (Å²) in [4.78, 5) is 21.8. The van der Waals surface area contributed by atoms with E-state index in [1.807, 2.05) is 0 Å². The molecular formula is C9H10FN3O2. The van der Waals surface area contributed by atoms with Crippen LogP contribution < -0.4 is 16.6 Å². The molecule has 0 radical (unpaired) electrons. The number of hydrogen-bond acceptors (Lipinski definition) is 3. The largest absolute Gasteiger partial charge is 0.323 e. The van der Waals surface area contributed by atoms with E-state index >= 15 is 0 Å². The van der Waals surface area contributed by atoms with Gasteiger partial charge in [0.05, 0.1) is 5.69 Å². The molecule has 0 unspecified atom stereocenters. The number of carbonyl (C=O) groups is 2. The van der Waals surface area contributed by atoms with Crippen LogP contribution in [0.25, 0.3) is 0 Å². The molecule has 4 N–H and O–H groups in total. The highest BCUT2D eigenvalue weighted by atomic mass is 19.1. The molecule has 0 aromatic heterocycles. The Labute approximate surface area is 85.4 Å². The van der Waals surface area contributed by atoms with Crippen molar-refractivity contribution in [3.05, 3.63) is 29.6 Å². The van der Waals surface area contributed by atoms with Crippen molar-refractivity contribution in [3.63, 3.8) is 0 Å². The topological polar surface area (TPSA) is 84.2 Å². The predicted molar refractivity (Wildman–Crippen MR) is 52.1 cm³/mol. The molecule has 0 saturated carbocycles. The molecule has 1 aromatic carbocycles. The van der Waals surface area contributed by atoms with Gasteiger partial charge in [0.1, 0.15) is 5.82 Å². The van der Waals surface area contributed by atoms with Crippen molar-refractivity contribution in [2.45, 2.75) is 6.92 Å². The second kappa shape index (κ2) is 4.52. The molecule has 2 amide bonds. The lowest BCUT2D eigenvalue weighted by Gasteiger charge is -2.07. The molecule has 6 heteroatoms. The van der Waals surface area contributed by atoms with E-state index in [1.54, 1.807) is 18.4 Å². The van der Waals surface area contributed by atoms with Crippen LogP contribution in [0.5, 0.6) is 0 Å². The maximum absolute atomic E-state index is 13.2. The second-order valence-electron chi connectivity index (χ2n) is 2.86. The zero-order chi connectivity index (χ0) is 11.4. The number of hydrazine groups is 1. The molecule has 0 fully saturated rings. The summed E-state index contributed by atoms with van der Waals surface area (Å²) < 4.78 is 13.2. The number of nitrogens with two attached hydrogens (primary N) is 1. The van der Waals surface area contributed by atoms with Crippen LogP contribution in [-0.4, -0.2) is 11.8 Å². The Morgan fingerprint density at radius 2 is 2.00 bits per heavy atom. The first-order valence-corrected chi connectivity index (χ1v) is 4.13. The number of para-hydroxylation sites is 1. The number of carbonyl (C=O) groups excluding carboxylic acids is 2. The molecule has 0 aliphatic heterocycles. The van der Waals surface area contributed by atoms with Gasteiger partial charge in [-0.2, -0.15) is 0 Å². The van der Waals surface area contributed by atoms with Gasteiger partial charge in [0.25, 0.3) is 0 Å². The molecule has 5 nitrogen and oxygen atoms in total. The standard InChI is InChI=1S/C9H10FN3O2/c1-5-3-2-4-6(10)7(5)12-8(14)9(15)13-11/h2-4H,11H2,1H3,(H,12,14)(H,13,15). The number of amides is 2. The third-order valence-electron chi connectivity index (χ3n) is 1.80. The molecule has 0 spiro atoms. The summed E-state index contributed by atoms with van der Waals surface area (Å²) in [5.41, 5.74) is 2.15. The third-order valence-corrected chi connectivity index (χ3v) is 1.80. The SMILES string of the molecule is Cc1cccc(F)c1NC(=O)C(=O)NN. The number of anilines is 1. The highest BCUT2D eigenvalue weighted by Crippen LogP contribution is 2.18. The van der Waals surface area contributed by atoms with Crippen LogP contribution in [-0.2, 0) is 9.59 Å². The maximum atomic E-state index is 13.2. The van der Waals surface area contributed by atoms with Crippen LogP contribution in [0.1, 0.15) is 5.56 Å². The summed E-state index contributed by atoms with van der Waals surface area (Å²) in [7, 11) is 0. The minimum Gasteiger partial charge on any atom is -0.315 e. The average Bonchev–Trinajstić information content (AvgIpc) is 2.22. The molecule has 80 valence electrons. The number of hydrogen-bond donors (Lipinski definition) is 3. The number of aryl methyl sites for hydroxylation is 1. The molecule has 0 atom stereocenters. The van der Waals surface area contributed by atoms with Crippen LogP contribution in [0.2, 0.25) is 0 Å². The van der Waals surface area contributed by atoms with Gasteiger partial charge in [-0.15, -0.1) is 0 Å². The van der Waals surface area contributed by atoms with Gasteiger partial charge in [-0.25, -0.2) is 10.2 Å². The third kappa shape index (κ3) is 2.50. The number of rotatable bonds is 1. The number of halogens is 1. The Morgan fingerprint density at radius 3 is 2.53 bits per heavy atom. The van der Waals surface area contributed by atoms with E-state index in [0.717, 1.165) is 0 Å². The Balaban J connectivity index is 2.90. The minimum atomic E-state index is -1.03. The smallest absolute Gasteiger partial charge is 0.315 e. The fourth-order valence-corrected chi connectivity index (χ4v) is 1.03. The lowest BCUT2D eigenvalue weighted by atomic mass is 10.2. The van der Waals surface area contributed by atoms with E-state index < -0.39 is 17.6 Å². The lowest BCUT2D eigenvalue weighted by Crippen LogP contribution is -2.39. The molecule has 1 rings (SSSR count). The first kappa shape index (κ1) is 11.1. The second-order valence-corrected chi connectivity index (χ2v) is 2.86. The van der Waals surface area contributed by atoms with Gasteiger partial charge in [0, 0.05) is 0 Å². The quantitative estimate of drug-likeness (QED) is 0.266.